The van der Waals surface area contributed by atoms with Crippen molar-refractivity contribution in [3.05, 3.63) is 53.6 Å². The molecule has 3 rings (SSSR count). The van der Waals surface area contributed by atoms with Crippen LogP contribution in [0, 0.1) is 0 Å². The van der Waals surface area contributed by atoms with E-state index in [0.717, 1.165) is 22.6 Å². The molecule has 0 amide bonds. The number of hydrogen-bond donors (Lipinski definition) is 1. The summed E-state index contributed by atoms with van der Waals surface area (Å²) < 4.78 is 16.3. The molecule has 5 heteroatoms. The molecule has 0 saturated carbocycles. The van der Waals surface area contributed by atoms with Crippen LogP contribution in [0.3, 0.4) is 0 Å². The van der Waals surface area contributed by atoms with Gasteiger partial charge in [0.15, 0.2) is 11.5 Å². The van der Waals surface area contributed by atoms with Crippen molar-refractivity contribution in [2.75, 3.05) is 6.79 Å². The van der Waals surface area contributed by atoms with E-state index in [1.165, 1.54) is 0 Å². The molecular formula is C15H13NO3S. The highest BCUT2D eigenvalue weighted by Crippen LogP contribution is 2.35. The van der Waals surface area contributed by atoms with Gasteiger partial charge in [-0.2, -0.15) is 0 Å². The van der Waals surface area contributed by atoms with Crippen molar-refractivity contribution in [1.82, 2.24) is 0 Å². The van der Waals surface area contributed by atoms with Crippen LogP contribution in [0.5, 0.6) is 17.2 Å². The third-order valence-electron chi connectivity index (χ3n) is 2.96. The van der Waals surface area contributed by atoms with Gasteiger partial charge in [0.1, 0.15) is 17.3 Å². The normalized spacial score (nSPS) is 12.2. The average Bonchev–Trinajstić information content (AvgIpc) is 2.93. The first-order valence-corrected chi connectivity index (χ1v) is 6.54. The van der Waals surface area contributed by atoms with E-state index in [9.17, 15) is 0 Å². The number of ether oxygens (including phenoxy) is 3. The highest BCUT2D eigenvalue weighted by atomic mass is 32.1. The number of thiocarbonyl (C=S) groups is 1. The molecule has 2 N–H and O–H groups in total. The van der Waals surface area contributed by atoms with Crippen LogP contribution in [0.15, 0.2) is 42.5 Å². The van der Waals surface area contributed by atoms with Gasteiger partial charge in [-0.15, -0.1) is 0 Å². The molecule has 1 heterocycles. The molecule has 20 heavy (non-hydrogen) atoms. The highest BCUT2D eigenvalue weighted by molar-refractivity contribution is 7.80. The van der Waals surface area contributed by atoms with Crippen molar-refractivity contribution in [3.63, 3.8) is 0 Å². The predicted octanol–water partition coefficient (Wildman–Crippen LogP) is 2.63. The molecule has 0 aliphatic carbocycles. The molecule has 0 atom stereocenters. The average molecular weight is 287 g/mol. The molecule has 1 aliphatic rings. The SMILES string of the molecule is NC(=S)c1cccc(COc2ccc3c(c2)OCO3)c1. The Morgan fingerprint density at radius 3 is 2.85 bits per heavy atom. The van der Waals surface area contributed by atoms with Crippen molar-refractivity contribution in [2.45, 2.75) is 6.61 Å². The fourth-order valence-electron chi connectivity index (χ4n) is 1.95. The Hall–Kier alpha value is -2.27. The van der Waals surface area contributed by atoms with Gasteiger partial charge in [0.05, 0.1) is 0 Å². The minimum Gasteiger partial charge on any atom is -0.489 e. The maximum atomic E-state index is 5.73. The van der Waals surface area contributed by atoms with Crippen molar-refractivity contribution in [2.24, 2.45) is 5.73 Å². The maximum Gasteiger partial charge on any atom is 0.231 e. The van der Waals surface area contributed by atoms with E-state index in [2.05, 4.69) is 0 Å². The minimum absolute atomic E-state index is 0.259. The van der Waals surface area contributed by atoms with Gasteiger partial charge in [-0.1, -0.05) is 30.4 Å². The molecule has 0 aromatic heterocycles. The number of rotatable bonds is 4. The van der Waals surface area contributed by atoms with E-state index < -0.39 is 0 Å². The first kappa shape index (κ1) is 12.7. The molecule has 2 aromatic rings. The highest BCUT2D eigenvalue weighted by Gasteiger charge is 2.13. The summed E-state index contributed by atoms with van der Waals surface area (Å²) in [4.78, 5) is 0.384. The van der Waals surface area contributed by atoms with E-state index in [-0.39, 0.29) is 6.79 Å². The van der Waals surface area contributed by atoms with Gasteiger partial charge >= 0.3 is 0 Å². The summed E-state index contributed by atoms with van der Waals surface area (Å²) in [6.45, 7) is 0.699. The minimum atomic E-state index is 0.259. The third-order valence-corrected chi connectivity index (χ3v) is 3.20. The second kappa shape index (κ2) is 5.38. The summed E-state index contributed by atoms with van der Waals surface area (Å²) in [6.07, 6.45) is 0. The van der Waals surface area contributed by atoms with E-state index in [4.69, 9.17) is 32.2 Å². The van der Waals surface area contributed by atoms with E-state index in [1.54, 1.807) is 0 Å². The molecule has 0 unspecified atom stereocenters. The number of fused-ring (bicyclic) bond motifs is 1. The Kier molecular flexibility index (Phi) is 3.43. The van der Waals surface area contributed by atoms with Crippen LogP contribution in [0.25, 0.3) is 0 Å². The second-order valence-corrected chi connectivity index (χ2v) is 4.81. The summed E-state index contributed by atoms with van der Waals surface area (Å²) in [7, 11) is 0. The zero-order valence-corrected chi connectivity index (χ0v) is 11.5. The maximum absolute atomic E-state index is 5.73. The van der Waals surface area contributed by atoms with Crippen LogP contribution in [-0.2, 0) is 6.61 Å². The van der Waals surface area contributed by atoms with Gasteiger partial charge in [0.2, 0.25) is 6.79 Å². The predicted molar refractivity (Wildman–Crippen MR) is 79.2 cm³/mol. The zero-order valence-electron chi connectivity index (χ0n) is 10.7. The summed E-state index contributed by atoms with van der Waals surface area (Å²) in [6, 6.07) is 13.2. The van der Waals surface area contributed by atoms with Crippen LogP contribution in [0.4, 0.5) is 0 Å². The molecular weight excluding hydrogens is 274 g/mol. The van der Waals surface area contributed by atoms with E-state index >= 15 is 0 Å². The van der Waals surface area contributed by atoms with Crippen molar-refractivity contribution in [3.8, 4) is 17.2 Å². The summed E-state index contributed by atoms with van der Waals surface area (Å²) in [5.41, 5.74) is 7.46. The first-order chi connectivity index (χ1) is 9.72. The lowest BCUT2D eigenvalue weighted by Crippen LogP contribution is -2.09. The first-order valence-electron chi connectivity index (χ1n) is 6.13. The summed E-state index contributed by atoms with van der Waals surface area (Å²) in [5, 5.41) is 0. The Balaban J connectivity index is 1.70. The molecule has 0 bridgehead atoms. The van der Waals surface area contributed by atoms with Gasteiger partial charge in [-0.25, -0.2) is 0 Å². The van der Waals surface area contributed by atoms with Gasteiger partial charge in [-0.05, 0) is 23.8 Å². The summed E-state index contributed by atoms with van der Waals surface area (Å²) in [5.74, 6) is 2.18. The number of benzene rings is 2. The van der Waals surface area contributed by atoms with Gasteiger partial charge < -0.3 is 19.9 Å². The van der Waals surface area contributed by atoms with Crippen LogP contribution in [0.1, 0.15) is 11.1 Å². The van der Waals surface area contributed by atoms with Crippen LogP contribution in [-0.4, -0.2) is 11.8 Å². The quantitative estimate of drug-likeness (QED) is 0.876. The van der Waals surface area contributed by atoms with Gasteiger partial charge in [0.25, 0.3) is 0 Å². The van der Waals surface area contributed by atoms with Crippen LogP contribution >= 0.6 is 12.2 Å². The number of hydrogen-bond acceptors (Lipinski definition) is 4. The Bertz CT molecular complexity index is 657. The topological polar surface area (TPSA) is 53.7 Å². The van der Waals surface area contributed by atoms with Gasteiger partial charge in [-0.3, -0.25) is 0 Å². The van der Waals surface area contributed by atoms with Crippen LogP contribution in [0.2, 0.25) is 0 Å². The molecule has 2 aromatic carbocycles. The Morgan fingerprint density at radius 1 is 1.15 bits per heavy atom. The second-order valence-electron chi connectivity index (χ2n) is 4.37. The zero-order chi connectivity index (χ0) is 13.9. The van der Waals surface area contributed by atoms with Gasteiger partial charge in [0, 0.05) is 11.6 Å². The fraction of sp³-hybridized carbons (Fsp3) is 0.133. The fourth-order valence-corrected chi connectivity index (χ4v) is 2.07. The molecule has 102 valence electrons. The number of nitrogens with two attached hydrogens (primary N) is 1. The van der Waals surface area contributed by atoms with Crippen molar-refractivity contribution in [1.29, 1.82) is 0 Å². The Morgan fingerprint density at radius 2 is 2.00 bits per heavy atom. The molecule has 1 aliphatic heterocycles. The Labute approximate surface area is 122 Å². The molecule has 0 saturated heterocycles. The summed E-state index contributed by atoms with van der Waals surface area (Å²) >= 11 is 4.96. The molecule has 0 radical (unpaired) electrons. The van der Waals surface area contributed by atoms with E-state index in [1.807, 2.05) is 42.5 Å². The lowest BCUT2D eigenvalue weighted by atomic mass is 10.1. The van der Waals surface area contributed by atoms with E-state index in [0.29, 0.717) is 17.3 Å². The molecule has 0 spiro atoms. The molecule has 4 nitrogen and oxygen atoms in total. The van der Waals surface area contributed by atoms with Crippen molar-refractivity contribution < 1.29 is 14.2 Å². The smallest absolute Gasteiger partial charge is 0.231 e. The largest absolute Gasteiger partial charge is 0.489 e. The third kappa shape index (κ3) is 2.67. The van der Waals surface area contributed by atoms with Crippen LogP contribution < -0.4 is 19.9 Å². The lowest BCUT2D eigenvalue weighted by molar-refractivity contribution is 0.173. The van der Waals surface area contributed by atoms with Crippen molar-refractivity contribution >= 4 is 17.2 Å². The monoisotopic (exact) mass is 287 g/mol. The standard InChI is InChI=1S/C15H13NO3S/c16-15(20)11-3-1-2-10(6-11)8-17-12-4-5-13-14(7-12)19-9-18-13/h1-7H,8-9H2,(H2,16,20). The molecule has 0 fully saturated rings. The lowest BCUT2D eigenvalue weighted by Gasteiger charge is -2.08.